The Kier molecular flexibility index (Phi) is 4.54. The predicted molar refractivity (Wildman–Crippen MR) is 35.5 cm³/mol. The molecule has 1 aromatic carbocycles. The molecule has 1 aromatic rings. The number of hydrogen-bond donors (Lipinski definition) is 0. The summed E-state index contributed by atoms with van der Waals surface area (Å²) in [6.07, 6.45) is 0. The van der Waals surface area contributed by atoms with Gasteiger partial charge in [0, 0.05) is 0 Å². The summed E-state index contributed by atoms with van der Waals surface area (Å²) in [6, 6.07) is 6.69. The van der Waals surface area contributed by atoms with Crippen LogP contribution >= 0.6 is 0 Å². The molecule has 0 atom stereocenters. The van der Waals surface area contributed by atoms with Gasteiger partial charge in [0.15, 0.2) is 0 Å². The minimum atomic E-state index is 0. The van der Waals surface area contributed by atoms with E-state index in [1.807, 2.05) is 0 Å². The zero-order chi connectivity index (χ0) is 6.85. The van der Waals surface area contributed by atoms with E-state index in [0.717, 1.165) is 26.1 Å². The van der Waals surface area contributed by atoms with Gasteiger partial charge in [0.1, 0.15) is 0 Å². The van der Waals surface area contributed by atoms with Crippen LogP contribution in [0.2, 0.25) is 0 Å². The molecule has 0 aliphatic heterocycles. The third-order valence-corrected chi connectivity index (χ3v) is 4.58. The van der Waals surface area contributed by atoms with E-state index in [0.29, 0.717) is 0 Å². The quantitative estimate of drug-likeness (QED) is 0.503. The molecule has 2 heteroatoms. The van der Waals surface area contributed by atoms with E-state index in [9.17, 15) is 0 Å². The van der Waals surface area contributed by atoms with Crippen LogP contribution in [0.5, 0.6) is 0 Å². The Morgan fingerprint density at radius 3 is 2.20 bits per heavy atom. The largest absolute Gasteiger partial charge is 1.00 e. The van der Waals surface area contributed by atoms with Gasteiger partial charge in [-0.3, -0.25) is 0 Å². The van der Waals surface area contributed by atoms with Crippen molar-refractivity contribution < 1.29 is 38.5 Å². The maximum Gasteiger partial charge on any atom is -1.00 e. The summed E-state index contributed by atoms with van der Waals surface area (Å²) in [5, 5.41) is 0. The van der Waals surface area contributed by atoms with E-state index in [2.05, 4.69) is 32.0 Å². The Hall–Kier alpha value is 0.445. The fourth-order valence-electron chi connectivity index (χ4n) is 0.846. The van der Waals surface area contributed by atoms with Crippen molar-refractivity contribution in [2.45, 2.75) is 13.8 Å². The minimum Gasteiger partial charge on any atom is -1.00 e. The second-order valence-corrected chi connectivity index (χ2v) is 5.39. The van der Waals surface area contributed by atoms with E-state index in [1.54, 1.807) is 3.07 Å². The molecule has 0 unspecified atom stereocenters. The molecule has 0 heterocycles. The van der Waals surface area contributed by atoms with Gasteiger partial charge in [-0.15, -0.1) is 0 Å². The summed E-state index contributed by atoms with van der Waals surface area (Å²) in [6.45, 7) is 4.33. The first-order valence-electron chi connectivity index (χ1n) is 3.09. The number of hydrogen-bond acceptors (Lipinski definition) is 0. The first kappa shape index (κ1) is 10.4. The molecule has 0 amide bonds. The minimum absolute atomic E-state index is 0. The van der Waals surface area contributed by atoms with Crippen molar-refractivity contribution in [3.8, 4) is 0 Å². The third kappa shape index (κ3) is 2.59. The molecule has 0 bridgehead atoms. The van der Waals surface area contributed by atoms with Gasteiger partial charge in [0.05, 0.1) is 0 Å². The summed E-state index contributed by atoms with van der Waals surface area (Å²) in [5.74, 6) is 0. The molecule has 10 heavy (non-hydrogen) atoms. The Balaban J connectivity index is 0.000000810. The van der Waals surface area contributed by atoms with Gasteiger partial charge in [0.25, 0.3) is 0 Å². The number of benzene rings is 1. The maximum absolute atomic E-state index is 2.25. The average molecular weight is 341 g/mol. The zero-order valence-corrected chi connectivity index (χ0v) is 12.6. The van der Waals surface area contributed by atoms with Gasteiger partial charge in [0.2, 0.25) is 0 Å². The van der Waals surface area contributed by atoms with E-state index >= 15 is 0 Å². The molecule has 0 N–H and O–H groups in total. The standard InChI is InChI=1S/C8H9.ClH.Hg/c1-7-4-3-5-8(2)6-7;;/h3-4,6H,1-2H3;1H;/q;;+1/p-1. The van der Waals surface area contributed by atoms with Crippen molar-refractivity contribution in [3.63, 3.8) is 0 Å². The molecule has 0 aromatic heterocycles. The molecular formula is C8H9ClHg. The molecule has 0 saturated heterocycles. The van der Waals surface area contributed by atoms with Crippen LogP contribution in [0.15, 0.2) is 18.2 Å². The van der Waals surface area contributed by atoms with E-state index in [1.165, 1.54) is 11.1 Å². The summed E-state index contributed by atoms with van der Waals surface area (Å²) in [4.78, 5) is 0. The van der Waals surface area contributed by atoms with Gasteiger partial charge in [-0.25, -0.2) is 0 Å². The Bertz CT molecular complexity index is 220. The van der Waals surface area contributed by atoms with Crippen LogP contribution in [0.1, 0.15) is 11.1 Å². The second kappa shape index (κ2) is 4.35. The van der Waals surface area contributed by atoms with Gasteiger partial charge >= 0.3 is 72.4 Å². The Labute approximate surface area is 84.4 Å². The number of halogens is 1. The average Bonchev–Trinajstić information content (AvgIpc) is 1.80. The monoisotopic (exact) mass is 342 g/mol. The normalized spacial score (nSPS) is 8.80. The fraction of sp³-hybridized carbons (Fsp3) is 0.250. The molecule has 50 valence electrons. The van der Waals surface area contributed by atoms with Gasteiger partial charge in [-0.05, 0) is 0 Å². The second-order valence-electron chi connectivity index (χ2n) is 2.43. The molecule has 0 nitrogen and oxygen atoms in total. The SMILES string of the molecule is Cc1cc[c]([Hg+])c(C)c1.[Cl-]. The van der Waals surface area contributed by atoms with E-state index in [4.69, 9.17) is 0 Å². The van der Waals surface area contributed by atoms with Crippen molar-refractivity contribution >= 4 is 3.07 Å². The molecular weight excluding hydrogens is 332 g/mol. The Morgan fingerprint density at radius 1 is 1.20 bits per heavy atom. The molecule has 0 aliphatic carbocycles. The van der Waals surface area contributed by atoms with E-state index in [-0.39, 0.29) is 12.4 Å². The summed E-state index contributed by atoms with van der Waals surface area (Å²) < 4.78 is 1.57. The first-order valence-corrected chi connectivity index (χ1v) is 5.84. The number of aryl methyl sites for hydroxylation is 2. The summed E-state index contributed by atoms with van der Waals surface area (Å²) >= 11 is 0.790. The van der Waals surface area contributed by atoms with Crippen LogP contribution in [-0.2, 0) is 26.1 Å². The Morgan fingerprint density at radius 2 is 1.80 bits per heavy atom. The predicted octanol–water partition coefficient (Wildman–Crippen LogP) is -1.52. The van der Waals surface area contributed by atoms with Crippen LogP contribution < -0.4 is 15.5 Å². The first-order chi connectivity index (χ1) is 4.20. The van der Waals surface area contributed by atoms with Gasteiger partial charge in [-0.1, -0.05) is 0 Å². The molecule has 1 rings (SSSR count). The smallest absolute Gasteiger partial charge is 1.00 e. The number of rotatable bonds is 0. The van der Waals surface area contributed by atoms with Crippen LogP contribution in [0.3, 0.4) is 0 Å². The maximum atomic E-state index is 2.25. The third-order valence-electron chi connectivity index (χ3n) is 1.50. The van der Waals surface area contributed by atoms with Crippen LogP contribution in [-0.4, -0.2) is 0 Å². The summed E-state index contributed by atoms with van der Waals surface area (Å²) in [7, 11) is 0. The molecule has 0 spiro atoms. The van der Waals surface area contributed by atoms with Crippen LogP contribution in [0.4, 0.5) is 0 Å². The van der Waals surface area contributed by atoms with Crippen molar-refractivity contribution in [1.29, 1.82) is 0 Å². The van der Waals surface area contributed by atoms with E-state index < -0.39 is 0 Å². The topological polar surface area (TPSA) is 0 Å². The molecule has 0 fully saturated rings. The zero-order valence-electron chi connectivity index (χ0n) is 6.32. The molecule has 0 saturated carbocycles. The molecule has 0 aliphatic rings. The van der Waals surface area contributed by atoms with Gasteiger partial charge in [-0.2, -0.15) is 0 Å². The van der Waals surface area contributed by atoms with Crippen molar-refractivity contribution in [2.75, 3.05) is 0 Å². The van der Waals surface area contributed by atoms with Crippen LogP contribution in [0.25, 0.3) is 0 Å². The van der Waals surface area contributed by atoms with Crippen molar-refractivity contribution in [1.82, 2.24) is 0 Å². The summed E-state index contributed by atoms with van der Waals surface area (Å²) in [5.41, 5.74) is 2.85. The van der Waals surface area contributed by atoms with Crippen molar-refractivity contribution in [2.24, 2.45) is 0 Å². The van der Waals surface area contributed by atoms with Crippen LogP contribution in [0, 0.1) is 13.8 Å². The molecule has 0 radical (unpaired) electrons. The van der Waals surface area contributed by atoms with Gasteiger partial charge < -0.3 is 12.4 Å². The fourth-order valence-corrected chi connectivity index (χ4v) is 1.70. The van der Waals surface area contributed by atoms with Crippen molar-refractivity contribution in [3.05, 3.63) is 29.3 Å².